The highest BCUT2D eigenvalue weighted by molar-refractivity contribution is 8.00. The molecule has 3 atom stereocenters. The van der Waals surface area contributed by atoms with E-state index in [1.165, 1.54) is 17.3 Å². The fraction of sp³-hybridized carbons (Fsp3) is 0.348. The summed E-state index contributed by atoms with van der Waals surface area (Å²) in [5.41, 5.74) is 9.24. The van der Waals surface area contributed by atoms with Crippen molar-refractivity contribution in [2.24, 2.45) is 5.73 Å². The number of nitrogens with one attached hydrogen (secondary N) is 3. The second kappa shape index (κ2) is 9.72. The van der Waals surface area contributed by atoms with Crippen LogP contribution in [0.5, 0.6) is 0 Å². The predicted octanol–water partition coefficient (Wildman–Crippen LogP) is 1.09. The molecule has 0 aliphatic carbocycles. The van der Waals surface area contributed by atoms with E-state index in [2.05, 4.69) is 22.0 Å². The molecule has 9 heteroatoms. The molecule has 2 aromatic rings. The third-order valence-electron chi connectivity index (χ3n) is 5.64. The Labute approximate surface area is 191 Å². The van der Waals surface area contributed by atoms with Gasteiger partial charge in [-0.15, -0.1) is 11.8 Å². The summed E-state index contributed by atoms with van der Waals surface area (Å²) in [7, 11) is 0. The average Bonchev–Trinajstić information content (AvgIpc) is 2.79. The number of benzene rings is 2. The Morgan fingerprint density at radius 1 is 1.19 bits per heavy atom. The number of anilines is 1. The molecular weight excluding hydrogens is 426 g/mol. The minimum Gasteiger partial charge on any atom is -0.338 e. The topological polar surface area (TPSA) is 117 Å². The third kappa shape index (κ3) is 4.95. The van der Waals surface area contributed by atoms with Gasteiger partial charge < -0.3 is 21.3 Å². The summed E-state index contributed by atoms with van der Waals surface area (Å²) in [6.45, 7) is 2.62. The number of nitrogens with two attached hydrogens (primary N) is 1. The highest BCUT2D eigenvalue weighted by Crippen LogP contribution is 2.27. The standard InChI is InChI=1S/C23H27N5O3S/c1-14-8-10-16(11-9-14)21(30)25-19-20(24)26-23(27-22(19)31)32-13-18(29)28-12-4-6-15-5-2-3-7-17(15)28/h2-3,5,7-11,19-20,23,26H,4,6,12-13,24H2,1H3,(H,25,30)(H,27,31). The number of para-hydroxylation sites is 1. The number of carbonyl (C=O) groups excluding carboxylic acids is 3. The lowest BCUT2D eigenvalue weighted by molar-refractivity contribution is -0.125. The van der Waals surface area contributed by atoms with Crippen molar-refractivity contribution >= 4 is 35.2 Å². The average molecular weight is 454 g/mol. The molecule has 8 nitrogen and oxygen atoms in total. The monoisotopic (exact) mass is 453 g/mol. The number of nitrogens with zero attached hydrogens (tertiary/aromatic N) is 1. The summed E-state index contributed by atoms with van der Waals surface area (Å²) in [5, 5.41) is 8.53. The van der Waals surface area contributed by atoms with Gasteiger partial charge in [0.2, 0.25) is 11.8 Å². The molecule has 0 radical (unpaired) electrons. The van der Waals surface area contributed by atoms with Crippen molar-refractivity contribution in [3.05, 3.63) is 65.2 Å². The van der Waals surface area contributed by atoms with E-state index in [0.717, 1.165) is 24.1 Å². The first-order chi connectivity index (χ1) is 15.4. The molecule has 3 amide bonds. The van der Waals surface area contributed by atoms with Gasteiger partial charge in [0.1, 0.15) is 11.5 Å². The van der Waals surface area contributed by atoms with Crippen LogP contribution in [0.15, 0.2) is 48.5 Å². The van der Waals surface area contributed by atoms with Gasteiger partial charge in [-0.3, -0.25) is 19.7 Å². The molecule has 168 valence electrons. The van der Waals surface area contributed by atoms with Gasteiger partial charge in [-0.1, -0.05) is 35.9 Å². The summed E-state index contributed by atoms with van der Waals surface area (Å²) in [6, 6.07) is 14.1. The number of fused-ring (bicyclic) bond motifs is 1. The summed E-state index contributed by atoms with van der Waals surface area (Å²) in [6.07, 6.45) is 1.12. The van der Waals surface area contributed by atoms with Gasteiger partial charge >= 0.3 is 0 Å². The van der Waals surface area contributed by atoms with Crippen LogP contribution in [0.4, 0.5) is 5.69 Å². The van der Waals surface area contributed by atoms with Crippen LogP contribution in [0.1, 0.15) is 27.9 Å². The first-order valence-corrected chi connectivity index (χ1v) is 11.7. The fourth-order valence-corrected chi connectivity index (χ4v) is 4.81. The summed E-state index contributed by atoms with van der Waals surface area (Å²) in [5.74, 6) is -0.571. The Kier molecular flexibility index (Phi) is 6.78. The minimum absolute atomic E-state index is 0.0124. The van der Waals surface area contributed by atoms with Gasteiger partial charge in [0.25, 0.3) is 5.91 Å². The molecule has 2 aliphatic heterocycles. The summed E-state index contributed by atoms with van der Waals surface area (Å²) < 4.78 is 0. The summed E-state index contributed by atoms with van der Waals surface area (Å²) >= 11 is 1.27. The van der Waals surface area contributed by atoms with Crippen LogP contribution in [-0.2, 0) is 16.0 Å². The zero-order valence-corrected chi connectivity index (χ0v) is 18.7. The van der Waals surface area contributed by atoms with Crippen LogP contribution in [0.25, 0.3) is 0 Å². The maximum atomic E-state index is 12.8. The molecule has 4 rings (SSSR count). The van der Waals surface area contributed by atoms with E-state index in [9.17, 15) is 14.4 Å². The lowest BCUT2D eigenvalue weighted by atomic mass is 10.0. The zero-order valence-electron chi connectivity index (χ0n) is 17.8. The van der Waals surface area contributed by atoms with Crippen LogP contribution in [0.3, 0.4) is 0 Å². The highest BCUT2D eigenvalue weighted by atomic mass is 32.2. The van der Waals surface area contributed by atoms with Gasteiger partial charge in [-0.25, -0.2) is 0 Å². The molecule has 2 heterocycles. The lowest BCUT2D eigenvalue weighted by Crippen LogP contribution is -2.70. The quantitative estimate of drug-likeness (QED) is 0.539. The molecule has 32 heavy (non-hydrogen) atoms. The molecule has 0 bridgehead atoms. The number of hydrogen-bond donors (Lipinski definition) is 4. The molecule has 3 unspecified atom stereocenters. The van der Waals surface area contributed by atoms with Crippen LogP contribution in [0.2, 0.25) is 0 Å². The molecule has 0 spiro atoms. The second-order valence-corrected chi connectivity index (χ2v) is 9.08. The zero-order chi connectivity index (χ0) is 22.7. The maximum absolute atomic E-state index is 12.8. The van der Waals surface area contributed by atoms with Crippen molar-refractivity contribution in [3.63, 3.8) is 0 Å². The van der Waals surface area contributed by atoms with E-state index in [1.54, 1.807) is 17.0 Å². The Morgan fingerprint density at radius 3 is 2.69 bits per heavy atom. The Balaban J connectivity index is 1.31. The van der Waals surface area contributed by atoms with E-state index in [1.807, 2.05) is 37.3 Å². The van der Waals surface area contributed by atoms with E-state index in [-0.39, 0.29) is 23.5 Å². The van der Waals surface area contributed by atoms with E-state index >= 15 is 0 Å². The number of amides is 3. The SMILES string of the molecule is Cc1ccc(C(=O)NC2C(=O)NC(SCC(=O)N3CCCc4ccccc43)NC2N)cc1. The molecule has 2 aliphatic rings. The molecule has 1 fully saturated rings. The van der Waals surface area contributed by atoms with Crippen LogP contribution >= 0.6 is 11.8 Å². The molecule has 0 aromatic heterocycles. The van der Waals surface area contributed by atoms with E-state index in [4.69, 9.17) is 5.73 Å². The number of carbonyl (C=O) groups is 3. The second-order valence-electron chi connectivity index (χ2n) is 7.99. The molecule has 1 saturated heterocycles. The van der Waals surface area contributed by atoms with Crippen LogP contribution < -0.4 is 26.6 Å². The maximum Gasteiger partial charge on any atom is 0.252 e. The van der Waals surface area contributed by atoms with Crippen molar-refractivity contribution < 1.29 is 14.4 Å². The third-order valence-corrected chi connectivity index (χ3v) is 6.64. The van der Waals surface area contributed by atoms with Crippen molar-refractivity contribution in [2.45, 2.75) is 37.5 Å². The first-order valence-electron chi connectivity index (χ1n) is 10.6. The van der Waals surface area contributed by atoms with Gasteiger partial charge in [-0.05, 0) is 43.5 Å². The number of rotatable bonds is 5. The van der Waals surface area contributed by atoms with Crippen molar-refractivity contribution in [2.75, 3.05) is 17.2 Å². The Morgan fingerprint density at radius 2 is 1.94 bits per heavy atom. The fourth-order valence-electron chi connectivity index (χ4n) is 3.89. The normalized spacial score (nSPS) is 22.6. The van der Waals surface area contributed by atoms with Crippen molar-refractivity contribution in [3.8, 4) is 0 Å². The Bertz CT molecular complexity index is 1010. The summed E-state index contributed by atoms with van der Waals surface area (Å²) in [4.78, 5) is 39.7. The van der Waals surface area contributed by atoms with Gasteiger partial charge in [0, 0.05) is 17.8 Å². The minimum atomic E-state index is -0.912. The van der Waals surface area contributed by atoms with Crippen molar-refractivity contribution in [1.82, 2.24) is 16.0 Å². The number of hydrogen-bond acceptors (Lipinski definition) is 6. The number of thioether (sulfide) groups is 1. The van der Waals surface area contributed by atoms with Crippen molar-refractivity contribution in [1.29, 1.82) is 0 Å². The molecular formula is C23H27N5O3S. The lowest BCUT2D eigenvalue weighted by Gasteiger charge is -2.35. The molecule has 5 N–H and O–H groups in total. The van der Waals surface area contributed by atoms with E-state index in [0.29, 0.717) is 12.1 Å². The molecule has 0 saturated carbocycles. The first kappa shape index (κ1) is 22.3. The Hall–Kier alpha value is -2.88. The van der Waals surface area contributed by atoms with E-state index < -0.39 is 17.7 Å². The predicted molar refractivity (Wildman–Crippen MR) is 125 cm³/mol. The van der Waals surface area contributed by atoms with Gasteiger partial charge in [-0.2, -0.15) is 0 Å². The van der Waals surface area contributed by atoms with Crippen LogP contribution in [-0.4, -0.2) is 47.7 Å². The number of aryl methyl sites for hydroxylation is 2. The van der Waals surface area contributed by atoms with Gasteiger partial charge in [0.15, 0.2) is 0 Å². The molecule has 2 aromatic carbocycles. The smallest absolute Gasteiger partial charge is 0.252 e. The van der Waals surface area contributed by atoms with Gasteiger partial charge in [0.05, 0.1) is 11.9 Å². The highest BCUT2D eigenvalue weighted by Gasteiger charge is 2.36. The van der Waals surface area contributed by atoms with Crippen LogP contribution in [0, 0.1) is 6.92 Å². The largest absolute Gasteiger partial charge is 0.338 e.